The summed E-state index contributed by atoms with van der Waals surface area (Å²) >= 11 is 0. The number of nitrogens with zero attached hydrogens (tertiary/aromatic N) is 3. The number of anilines is 2. The van der Waals surface area contributed by atoms with Crippen molar-refractivity contribution in [2.75, 3.05) is 17.7 Å². The second-order valence-corrected chi connectivity index (χ2v) is 6.64. The maximum absolute atomic E-state index is 13.3. The van der Waals surface area contributed by atoms with Gasteiger partial charge >= 0.3 is 0 Å². The predicted octanol–water partition coefficient (Wildman–Crippen LogP) is 3.52. The van der Waals surface area contributed by atoms with Crippen molar-refractivity contribution in [1.29, 1.82) is 0 Å². The number of carbonyl (C=O) groups excluding carboxylic acids is 1. The van der Waals surface area contributed by atoms with Crippen molar-refractivity contribution < 1.29 is 9.53 Å². The van der Waals surface area contributed by atoms with E-state index in [9.17, 15) is 4.79 Å². The first-order chi connectivity index (χ1) is 13.6. The number of aromatic nitrogens is 3. The number of para-hydroxylation sites is 1. The molecule has 3 aromatic rings. The smallest absolute Gasteiger partial charge is 0.255 e. The van der Waals surface area contributed by atoms with Crippen LogP contribution in [0.3, 0.4) is 0 Å². The van der Waals surface area contributed by atoms with Gasteiger partial charge < -0.3 is 15.4 Å². The molecule has 2 N–H and O–H groups in total. The number of fused-ring (bicyclic) bond motifs is 1. The lowest BCUT2D eigenvalue weighted by molar-refractivity contribution is -0.113. The molecule has 1 aliphatic rings. The number of benzene rings is 2. The number of amides is 1. The Bertz CT molecular complexity index is 1050. The molecule has 2 heterocycles. The number of methoxy groups -OCH3 is 1. The normalized spacial score (nSPS) is 15.6. The van der Waals surface area contributed by atoms with E-state index in [2.05, 4.69) is 20.7 Å². The van der Waals surface area contributed by atoms with E-state index in [1.54, 1.807) is 11.8 Å². The summed E-state index contributed by atoms with van der Waals surface area (Å²) in [4.78, 5) is 17.5. The molecule has 1 atom stereocenters. The first-order valence-electron chi connectivity index (χ1n) is 8.96. The van der Waals surface area contributed by atoms with Crippen LogP contribution in [0.15, 0.2) is 66.1 Å². The highest BCUT2D eigenvalue weighted by Crippen LogP contribution is 2.35. The van der Waals surface area contributed by atoms with Crippen LogP contribution in [0.2, 0.25) is 0 Å². The Labute approximate surface area is 163 Å². The molecule has 28 heavy (non-hydrogen) atoms. The van der Waals surface area contributed by atoms with Gasteiger partial charge in [-0.1, -0.05) is 30.3 Å². The molecule has 1 aliphatic heterocycles. The molecule has 7 heteroatoms. The highest BCUT2D eigenvalue weighted by atomic mass is 16.5. The standard InChI is InChI=1S/C21H21N5O2/c1-13-6-4-5-7-17(13)25-20(27)18-14(2)24-21-22-12-23-26(21)19(18)15-8-10-16(28-3)11-9-15/h4-12,19H,1-3H3,(H,25,27)(H,22,23,24)/t19-/m1/s1. The SMILES string of the molecule is COc1ccc([C@@H]2C(C(=O)Nc3ccccc3C)=C(C)Nc3ncnn32)cc1. The van der Waals surface area contributed by atoms with Gasteiger partial charge in [-0.15, -0.1) is 0 Å². The molecule has 2 aromatic carbocycles. The van der Waals surface area contributed by atoms with E-state index in [0.29, 0.717) is 11.5 Å². The van der Waals surface area contributed by atoms with Crippen LogP contribution < -0.4 is 15.4 Å². The minimum absolute atomic E-state index is 0.179. The number of ether oxygens (including phenoxy) is 1. The van der Waals surface area contributed by atoms with E-state index in [4.69, 9.17) is 4.74 Å². The Kier molecular flexibility index (Phi) is 4.57. The zero-order valence-corrected chi connectivity index (χ0v) is 15.9. The molecule has 0 bridgehead atoms. The van der Waals surface area contributed by atoms with Crippen LogP contribution in [0.4, 0.5) is 11.6 Å². The minimum Gasteiger partial charge on any atom is -0.497 e. The van der Waals surface area contributed by atoms with E-state index < -0.39 is 6.04 Å². The number of aryl methyl sites for hydroxylation is 1. The quantitative estimate of drug-likeness (QED) is 0.729. The molecule has 0 aliphatic carbocycles. The lowest BCUT2D eigenvalue weighted by Crippen LogP contribution is -2.31. The molecule has 0 fully saturated rings. The van der Waals surface area contributed by atoms with Gasteiger partial charge in [0.05, 0.1) is 12.7 Å². The van der Waals surface area contributed by atoms with Crippen molar-refractivity contribution in [3.8, 4) is 5.75 Å². The Morgan fingerprint density at radius 3 is 2.61 bits per heavy atom. The zero-order chi connectivity index (χ0) is 19.7. The second kappa shape index (κ2) is 7.19. The summed E-state index contributed by atoms with van der Waals surface area (Å²) in [5.41, 5.74) is 4.04. The average Bonchev–Trinajstić information content (AvgIpc) is 3.16. The summed E-state index contributed by atoms with van der Waals surface area (Å²) in [5, 5.41) is 10.6. The molecule has 1 amide bonds. The summed E-state index contributed by atoms with van der Waals surface area (Å²) in [6, 6.07) is 14.9. The van der Waals surface area contributed by atoms with Crippen LogP contribution in [0, 0.1) is 6.92 Å². The molecule has 7 nitrogen and oxygen atoms in total. The molecule has 0 saturated carbocycles. The molecule has 0 spiro atoms. The summed E-state index contributed by atoms with van der Waals surface area (Å²) < 4.78 is 6.98. The molecular formula is C21H21N5O2. The largest absolute Gasteiger partial charge is 0.497 e. The molecule has 4 rings (SSSR count). The third kappa shape index (κ3) is 3.11. The molecular weight excluding hydrogens is 354 g/mol. The topological polar surface area (TPSA) is 81.1 Å². The number of allylic oxidation sites excluding steroid dienone is 1. The third-order valence-electron chi connectivity index (χ3n) is 4.86. The van der Waals surface area contributed by atoms with Crippen LogP contribution in [-0.2, 0) is 4.79 Å². The first-order valence-corrected chi connectivity index (χ1v) is 8.96. The molecule has 0 saturated heterocycles. The van der Waals surface area contributed by atoms with Crippen molar-refractivity contribution in [3.63, 3.8) is 0 Å². The molecule has 0 unspecified atom stereocenters. The van der Waals surface area contributed by atoms with Crippen molar-refractivity contribution >= 4 is 17.5 Å². The maximum Gasteiger partial charge on any atom is 0.255 e. The van der Waals surface area contributed by atoms with Crippen LogP contribution in [0.25, 0.3) is 0 Å². The molecule has 0 radical (unpaired) electrons. The zero-order valence-electron chi connectivity index (χ0n) is 15.9. The Morgan fingerprint density at radius 1 is 1.14 bits per heavy atom. The van der Waals surface area contributed by atoms with E-state index in [0.717, 1.165) is 28.3 Å². The van der Waals surface area contributed by atoms with Crippen LogP contribution in [0.1, 0.15) is 24.1 Å². The fourth-order valence-electron chi connectivity index (χ4n) is 3.38. The van der Waals surface area contributed by atoms with E-state index in [-0.39, 0.29) is 5.91 Å². The lowest BCUT2D eigenvalue weighted by Gasteiger charge is -2.29. The predicted molar refractivity (Wildman–Crippen MR) is 107 cm³/mol. The van der Waals surface area contributed by atoms with Crippen molar-refractivity contribution in [2.24, 2.45) is 0 Å². The van der Waals surface area contributed by atoms with Gasteiger partial charge in [-0.2, -0.15) is 10.1 Å². The van der Waals surface area contributed by atoms with Gasteiger partial charge in [-0.25, -0.2) is 4.68 Å². The number of carbonyl (C=O) groups is 1. The third-order valence-corrected chi connectivity index (χ3v) is 4.86. The summed E-state index contributed by atoms with van der Waals surface area (Å²) in [5.74, 6) is 1.18. The fourth-order valence-corrected chi connectivity index (χ4v) is 3.38. The summed E-state index contributed by atoms with van der Waals surface area (Å²) in [6.07, 6.45) is 1.48. The number of rotatable bonds is 4. The van der Waals surface area contributed by atoms with E-state index in [1.807, 2.05) is 62.4 Å². The number of hydrogen-bond acceptors (Lipinski definition) is 5. The highest BCUT2D eigenvalue weighted by molar-refractivity contribution is 6.06. The van der Waals surface area contributed by atoms with Crippen LogP contribution in [0.5, 0.6) is 5.75 Å². The monoisotopic (exact) mass is 375 g/mol. The first kappa shape index (κ1) is 17.8. The minimum atomic E-state index is -0.395. The van der Waals surface area contributed by atoms with Gasteiger partial charge in [-0.3, -0.25) is 4.79 Å². The Morgan fingerprint density at radius 2 is 1.89 bits per heavy atom. The summed E-state index contributed by atoms with van der Waals surface area (Å²) in [6.45, 7) is 3.84. The van der Waals surface area contributed by atoms with Gasteiger partial charge in [0.25, 0.3) is 5.91 Å². The van der Waals surface area contributed by atoms with Crippen LogP contribution >= 0.6 is 0 Å². The highest BCUT2D eigenvalue weighted by Gasteiger charge is 2.33. The second-order valence-electron chi connectivity index (χ2n) is 6.64. The Balaban J connectivity index is 1.76. The van der Waals surface area contributed by atoms with Crippen molar-refractivity contribution in [1.82, 2.24) is 14.8 Å². The summed E-state index contributed by atoms with van der Waals surface area (Å²) in [7, 11) is 1.63. The van der Waals surface area contributed by atoms with Gasteiger partial charge in [0.2, 0.25) is 5.95 Å². The van der Waals surface area contributed by atoms with Gasteiger partial charge in [0.15, 0.2) is 0 Å². The van der Waals surface area contributed by atoms with Crippen molar-refractivity contribution in [2.45, 2.75) is 19.9 Å². The maximum atomic E-state index is 13.3. The molecule has 142 valence electrons. The molecule has 1 aromatic heterocycles. The van der Waals surface area contributed by atoms with Crippen LogP contribution in [-0.4, -0.2) is 27.8 Å². The number of nitrogens with one attached hydrogen (secondary N) is 2. The van der Waals surface area contributed by atoms with Gasteiger partial charge in [-0.05, 0) is 43.2 Å². The lowest BCUT2D eigenvalue weighted by atomic mass is 9.95. The van der Waals surface area contributed by atoms with E-state index >= 15 is 0 Å². The fraction of sp³-hybridized carbons (Fsp3) is 0.190. The van der Waals surface area contributed by atoms with Gasteiger partial charge in [0.1, 0.15) is 18.1 Å². The Hall–Kier alpha value is -3.61. The van der Waals surface area contributed by atoms with E-state index in [1.165, 1.54) is 6.33 Å². The average molecular weight is 375 g/mol. The van der Waals surface area contributed by atoms with Gasteiger partial charge in [0, 0.05) is 11.4 Å². The van der Waals surface area contributed by atoms with Crippen molar-refractivity contribution in [3.05, 3.63) is 77.3 Å². The number of hydrogen-bond donors (Lipinski definition) is 2.